The summed E-state index contributed by atoms with van der Waals surface area (Å²) in [6.07, 6.45) is 7.99. The molecule has 0 radical (unpaired) electrons. The molecule has 1 aromatic carbocycles. The summed E-state index contributed by atoms with van der Waals surface area (Å²) in [6.45, 7) is 5.61. The van der Waals surface area contributed by atoms with Crippen molar-refractivity contribution >= 4 is 17.5 Å². The second-order valence-electron chi connectivity index (χ2n) is 9.09. The Labute approximate surface area is 184 Å². The number of aryl methyl sites for hydroxylation is 1. The van der Waals surface area contributed by atoms with Crippen molar-refractivity contribution in [2.75, 3.05) is 11.9 Å². The van der Waals surface area contributed by atoms with Crippen LogP contribution in [0.4, 0.5) is 5.69 Å². The van der Waals surface area contributed by atoms with Gasteiger partial charge in [-0.05, 0) is 63.8 Å². The number of carbonyl (C=O) groups excluding carboxylic acids is 2. The highest BCUT2D eigenvalue weighted by atomic mass is 16.2. The van der Waals surface area contributed by atoms with Crippen LogP contribution in [-0.2, 0) is 11.3 Å². The minimum atomic E-state index is -0.269. The number of amides is 2. The van der Waals surface area contributed by atoms with Crippen LogP contribution in [0.15, 0.2) is 30.3 Å². The molecular formula is C25H34N4O2. The maximum Gasteiger partial charge on any atom is 0.257 e. The number of primary amides is 1. The third-order valence-electron chi connectivity index (χ3n) is 7.00. The van der Waals surface area contributed by atoms with Crippen LogP contribution in [0.3, 0.4) is 0 Å². The lowest BCUT2D eigenvalue weighted by atomic mass is 9.95. The van der Waals surface area contributed by atoms with Gasteiger partial charge in [0.2, 0.25) is 5.91 Å². The summed E-state index contributed by atoms with van der Waals surface area (Å²) >= 11 is 0. The highest BCUT2D eigenvalue weighted by Crippen LogP contribution is 2.32. The van der Waals surface area contributed by atoms with E-state index in [0.717, 1.165) is 47.6 Å². The maximum absolute atomic E-state index is 13.2. The van der Waals surface area contributed by atoms with Crippen molar-refractivity contribution in [3.05, 3.63) is 52.8 Å². The molecule has 3 N–H and O–H groups in total. The first-order valence-electron chi connectivity index (χ1n) is 11.6. The van der Waals surface area contributed by atoms with Crippen molar-refractivity contribution in [1.82, 2.24) is 9.47 Å². The maximum atomic E-state index is 13.2. The largest absolute Gasteiger partial charge is 0.368 e. The van der Waals surface area contributed by atoms with Crippen LogP contribution >= 0.6 is 0 Å². The topological polar surface area (TPSA) is 80.4 Å². The van der Waals surface area contributed by atoms with E-state index in [1.807, 2.05) is 30.3 Å². The fraction of sp³-hybridized carbons (Fsp3) is 0.520. The van der Waals surface area contributed by atoms with E-state index in [9.17, 15) is 9.59 Å². The molecule has 0 bridgehead atoms. The van der Waals surface area contributed by atoms with E-state index in [1.165, 1.54) is 32.1 Å². The Morgan fingerprint density at radius 2 is 1.81 bits per heavy atom. The van der Waals surface area contributed by atoms with E-state index in [1.54, 1.807) is 0 Å². The summed E-state index contributed by atoms with van der Waals surface area (Å²) in [7, 11) is 0. The molecular weight excluding hydrogens is 388 g/mol. The van der Waals surface area contributed by atoms with Gasteiger partial charge in [0.1, 0.15) is 0 Å². The number of hydrogen-bond donors (Lipinski definition) is 2. The molecule has 2 aliphatic rings. The van der Waals surface area contributed by atoms with Crippen LogP contribution in [0.1, 0.15) is 78.3 Å². The lowest BCUT2D eigenvalue weighted by molar-refractivity contribution is -0.122. The monoisotopic (exact) mass is 422 g/mol. The number of anilines is 1. The van der Waals surface area contributed by atoms with Crippen LogP contribution in [0.25, 0.3) is 0 Å². The minimum absolute atomic E-state index is 0.0736. The van der Waals surface area contributed by atoms with Crippen molar-refractivity contribution in [1.29, 1.82) is 0 Å². The molecule has 6 heteroatoms. The lowest BCUT2D eigenvalue weighted by Crippen LogP contribution is -2.39. The van der Waals surface area contributed by atoms with Gasteiger partial charge in [-0.3, -0.25) is 14.5 Å². The second-order valence-corrected chi connectivity index (χ2v) is 9.09. The Morgan fingerprint density at radius 1 is 1.06 bits per heavy atom. The van der Waals surface area contributed by atoms with Gasteiger partial charge in [0.15, 0.2) is 0 Å². The van der Waals surface area contributed by atoms with Gasteiger partial charge in [0.05, 0.1) is 11.6 Å². The SMILES string of the molecule is Cc1cc(C(=O)Nc2ccccc2CN2CCCC2C(N)=O)c(C)n1C1CCCCC1. The second kappa shape index (κ2) is 9.27. The van der Waals surface area contributed by atoms with Crippen LogP contribution < -0.4 is 11.1 Å². The summed E-state index contributed by atoms with van der Waals surface area (Å²) in [5.74, 6) is -0.343. The number of rotatable bonds is 6. The van der Waals surface area contributed by atoms with Crippen molar-refractivity contribution in [3.8, 4) is 0 Å². The van der Waals surface area contributed by atoms with E-state index in [2.05, 4.69) is 28.6 Å². The molecule has 2 amide bonds. The molecule has 1 saturated heterocycles. The molecule has 2 heterocycles. The van der Waals surface area contributed by atoms with E-state index < -0.39 is 0 Å². The first-order chi connectivity index (χ1) is 15.0. The standard InChI is InChI=1S/C25H34N4O2/c1-17-15-21(18(2)29(17)20-10-4-3-5-11-20)25(31)27-22-12-7-6-9-19(22)16-28-14-8-13-23(28)24(26)30/h6-7,9,12,15,20,23H,3-5,8,10-11,13-14,16H2,1-2H3,(H2,26,30)(H,27,31). The zero-order valence-electron chi connectivity index (χ0n) is 18.7. The first-order valence-corrected chi connectivity index (χ1v) is 11.6. The Hall–Kier alpha value is -2.60. The molecule has 1 aliphatic carbocycles. The third kappa shape index (κ3) is 4.54. The molecule has 1 atom stereocenters. The molecule has 1 aliphatic heterocycles. The Morgan fingerprint density at radius 3 is 2.55 bits per heavy atom. The number of nitrogens with two attached hydrogens (primary N) is 1. The number of para-hydroxylation sites is 1. The van der Waals surface area contributed by atoms with Gasteiger partial charge >= 0.3 is 0 Å². The average molecular weight is 423 g/mol. The van der Waals surface area contributed by atoms with E-state index in [-0.39, 0.29) is 17.9 Å². The van der Waals surface area contributed by atoms with Crippen molar-refractivity contribution in [3.63, 3.8) is 0 Å². The van der Waals surface area contributed by atoms with Crippen molar-refractivity contribution < 1.29 is 9.59 Å². The van der Waals surface area contributed by atoms with E-state index in [4.69, 9.17) is 5.73 Å². The Kier molecular flexibility index (Phi) is 6.46. The number of aromatic nitrogens is 1. The smallest absolute Gasteiger partial charge is 0.257 e. The summed E-state index contributed by atoms with van der Waals surface area (Å²) in [5, 5.41) is 3.13. The van der Waals surface area contributed by atoms with Gasteiger partial charge in [-0.1, -0.05) is 37.5 Å². The highest BCUT2D eigenvalue weighted by molar-refractivity contribution is 6.05. The number of likely N-dealkylation sites (tertiary alicyclic amines) is 1. The van der Waals surface area contributed by atoms with Gasteiger partial charge in [0.25, 0.3) is 5.91 Å². The molecule has 6 nitrogen and oxygen atoms in total. The molecule has 31 heavy (non-hydrogen) atoms. The van der Waals surface area contributed by atoms with Gasteiger partial charge in [-0.2, -0.15) is 0 Å². The van der Waals surface area contributed by atoms with Crippen molar-refractivity contribution in [2.45, 2.75) is 77.4 Å². The summed E-state index contributed by atoms with van der Waals surface area (Å²) in [4.78, 5) is 27.1. The quantitative estimate of drug-likeness (QED) is 0.728. The summed E-state index contributed by atoms with van der Waals surface area (Å²) < 4.78 is 2.36. The molecule has 1 saturated carbocycles. The minimum Gasteiger partial charge on any atom is -0.368 e. The van der Waals surface area contributed by atoms with E-state index in [0.29, 0.717) is 12.6 Å². The van der Waals surface area contributed by atoms with E-state index >= 15 is 0 Å². The molecule has 166 valence electrons. The summed E-state index contributed by atoms with van der Waals surface area (Å²) in [6, 6.07) is 10.1. The van der Waals surface area contributed by atoms with Crippen LogP contribution in [0, 0.1) is 13.8 Å². The zero-order chi connectivity index (χ0) is 22.0. The molecule has 1 aromatic heterocycles. The molecule has 2 aromatic rings. The van der Waals surface area contributed by atoms with Crippen LogP contribution in [0.5, 0.6) is 0 Å². The molecule has 2 fully saturated rings. The number of hydrogen-bond acceptors (Lipinski definition) is 3. The predicted molar refractivity (Wildman–Crippen MR) is 123 cm³/mol. The predicted octanol–water partition coefficient (Wildman–Crippen LogP) is 4.31. The number of carbonyl (C=O) groups is 2. The first kappa shape index (κ1) is 21.6. The summed E-state index contributed by atoms with van der Waals surface area (Å²) in [5.41, 5.74) is 10.3. The Bertz CT molecular complexity index is 958. The normalized spacial score (nSPS) is 20.1. The van der Waals surface area contributed by atoms with Crippen LogP contribution in [-0.4, -0.2) is 33.9 Å². The van der Waals surface area contributed by atoms with Crippen molar-refractivity contribution in [2.24, 2.45) is 5.73 Å². The molecule has 4 rings (SSSR count). The fourth-order valence-electron chi connectivity index (χ4n) is 5.43. The number of nitrogens with one attached hydrogen (secondary N) is 1. The average Bonchev–Trinajstić information content (AvgIpc) is 3.34. The molecule has 1 unspecified atom stereocenters. The Balaban J connectivity index is 1.53. The third-order valence-corrected chi connectivity index (χ3v) is 7.00. The van der Waals surface area contributed by atoms with Gasteiger partial charge in [-0.15, -0.1) is 0 Å². The zero-order valence-corrected chi connectivity index (χ0v) is 18.7. The number of benzene rings is 1. The molecule has 0 spiro atoms. The van der Waals surface area contributed by atoms with Gasteiger partial charge < -0.3 is 15.6 Å². The van der Waals surface area contributed by atoms with Gasteiger partial charge in [-0.25, -0.2) is 0 Å². The fourth-order valence-corrected chi connectivity index (χ4v) is 5.43. The van der Waals surface area contributed by atoms with Crippen LogP contribution in [0.2, 0.25) is 0 Å². The lowest BCUT2D eigenvalue weighted by Gasteiger charge is -2.26. The van der Waals surface area contributed by atoms with Gasteiger partial charge in [0, 0.05) is 29.7 Å². The highest BCUT2D eigenvalue weighted by Gasteiger charge is 2.29. The number of nitrogens with zero attached hydrogens (tertiary/aromatic N) is 2.